The van der Waals surface area contributed by atoms with Crippen LogP contribution in [0.5, 0.6) is 0 Å². The Morgan fingerprint density at radius 3 is 2.82 bits per heavy atom. The molecular weight excluding hydrogens is 238 g/mol. The van der Waals surface area contributed by atoms with Crippen molar-refractivity contribution < 1.29 is 9.26 Å². The van der Waals surface area contributed by atoms with Crippen LogP contribution in [0.15, 0.2) is 4.52 Å². The standard InChI is InChI=1S/C11H13N3O2S/c1-6-9(17-7(2)12-6)11-13-10(14-16-11)8-3-4-15-5-8/h8H,3-5H2,1-2H3. The number of ether oxygens (including phenoxy) is 1. The fourth-order valence-electron chi connectivity index (χ4n) is 1.96. The largest absolute Gasteiger partial charge is 0.381 e. The first-order valence-electron chi connectivity index (χ1n) is 5.60. The first-order chi connectivity index (χ1) is 8.24. The van der Waals surface area contributed by atoms with Crippen molar-refractivity contribution in [1.29, 1.82) is 0 Å². The molecule has 0 spiro atoms. The Morgan fingerprint density at radius 1 is 1.29 bits per heavy atom. The number of rotatable bonds is 2. The van der Waals surface area contributed by atoms with Crippen LogP contribution in [0.1, 0.15) is 28.9 Å². The third-order valence-corrected chi connectivity index (χ3v) is 3.90. The summed E-state index contributed by atoms with van der Waals surface area (Å²) in [6, 6.07) is 0. The molecule has 1 saturated heterocycles. The number of hydrogen-bond acceptors (Lipinski definition) is 6. The highest BCUT2D eigenvalue weighted by molar-refractivity contribution is 7.15. The Hall–Kier alpha value is -1.27. The number of aryl methyl sites for hydroxylation is 2. The summed E-state index contributed by atoms with van der Waals surface area (Å²) in [7, 11) is 0. The zero-order chi connectivity index (χ0) is 11.8. The summed E-state index contributed by atoms with van der Waals surface area (Å²) < 4.78 is 10.6. The molecule has 2 aromatic rings. The molecule has 17 heavy (non-hydrogen) atoms. The SMILES string of the molecule is Cc1nc(C)c(-c2nc(C3CCOC3)no2)s1. The third-order valence-electron chi connectivity index (χ3n) is 2.83. The fourth-order valence-corrected chi connectivity index (χ4v) is 2.80. The predicted molar refractivity (Wildman–Crippen MR) is 63.1 cm³/mol. The third kappa shape index (κ3) is 1.98. The summed E-state index contributed by atoms with van der Waals surface area (Å²) in [6.07, 6.45) is 0.972. The van der Waals surface area contributed by atoms with Crippen LogP contribution in [0, 0.1) is 13.8 Å². The highest BCUT2D eigenvalue weighted by Crippen LogP contribution is 2.30. The van der Waals surface area contributed by atoms with Crippen molar-refractivity contribution >= 4 is 11.3 Å². The predicted octanol–water partition coefficient (Wildman–Crippen LogP) is 2.31. The second-order valence-electron chi connectivity index (χ2n) is 4.17. The van der Waals surface area contributed by atoms with E-state index in [1.807, 2.05) is 13.8 Å². The molecule has 3 rings (SSSR count). The van der Waals surface area contributed by atoms with Crippen LogP contribution in [-0.4, -0.2) is 28.3 Å². The highest BCUT2D eigenvalue weighted by Gasteiger charge is 2.24. The normalized spacial score (nSPS) is 20.0. The summed E-state index contributed by atoms with van der Waals surface area (Å²) in [4.78, 5) is 9.78. The second-order valence-corrected chi connectivity index (χ2v) is 5.37. The molecule has 0 amide bonds. The van der Waals surface area contributed by atoms with Crippen molar-refractivity contribution in [2.45, 2.75) is 26.2 Å². The zero-order valence-electron chi connectivity index (χ0n) is 9.77. The van der Waals surface area contributed by atoms with E-state index < -0.39 is 0 Å². The lowest BCUT2D eigenvalue weighted by Gasteiger charge is -1.97. The van der Waals surface area contributed by atoms with Crippen LogP contribution in [0.4, 0.5) is 0 Å². The molecule has 0 radical (unpaired) electrons. The Bertz CT molecular complexity index is 529. The van der Waals surface area contributed by atoms with Gasteiger partial charge in [-0.05, 0) is 20.3 Å². The molecule has 90 valence electrons. The molecule has 1 aliphatic rings. The highest BCUT2D eigenvalue weighted by atomic mass is 32.1. The van der Waals surface area contributed by atoms with Gasteiger partial charge in [-0.3, -0.25) is 0 Å². The van der Waals surface area contributed by atoms with Gasteiger partial charge >= 0.3 is 0 Å². The average Bonchev–Trinajstić information content (AvgIpc) is 2.97. The van der Waals surface area contributed by atoms with Gasteiger partial charge in [0.05, 0.1) is 17.3 Å². The van der Waals surface area contributed by atoms with Crippen molar-refractivity contribution in [2.24, 2.45) is 0 Å². The summed E-state index contributed by atoms with van der Waals surface area (Å²) in [6.45, 7) is 5.41. The van der Waals surface area contributed by atoms with E-state index in [-0.39, 0.29) is 5.92 Å². The summed E-state index contributed by atoms with van der Waals surface area (Å²) in [5.74, 6) is 1.61. The van der Waals surface area contributed by atoms with E-state index >= 15 is 0 Å². The number of aromatic nitrogens is 3. The Morgan fingerprint density at radius 2 is 2.18 bits per heavy atom. The Labute approximate surface area is 103 Å². The smallest absolute Gasteiger partial charge is 0.269 e. The van der Waals surface area contributed by atoms with Crippen LogP contribution >= 0.6 is 11.3 Å². The average molecular weight is 251 g/mol. The van der Waals surface area contributed by atoms with E-state index in [2.05, 4.69) is 15.1 Å². The van der Waals surface area contributed by atoms with Crippen LogP contribution in [0.25, 0.3) is 10.8 Å². The molecule has 0 N–H and O–H groups in total. The summed E-state index contributed by atoms with van der Waals surface area (Å²) in [5, 5.41) is 5.05. The van der Waals surface area contributed by atoms with Crippen LogP contribution in [-0.2, 0) is 4.74 Å². The van der Waals surface area contributed by atoms with Crippen molar-refractivity contribution in [3.8, 4) is 10.8 Å². The number of hydrogen-bond donors (Lipinski definition) is 0. The lowest BCUT2D eigenvalue weighted by Crippen LogP contribution is -1.99. The second kappa shape index (κ2) is 4.19. The molecule has 1 unspecified atom stereocenters. The topological polar surface area (TPSA) is 61.0 Å². The van der Waals surface area contributed by atoms with Crippen molar-refractivity contribution in [3.63, 3.8) is 0 Å². The van der Waals surface area contributed by atoms with Gasteiger partial charge in [-0.1, -0.05) is 5.16 Å². The molecule has 2 aromatic heterocycles. The van der Waals surface area contributed by atoms with E-state index in [1.165, 1.54) is 0 Å². The minimum Gasteiger partial charge on any atom is -0.381 e. The molecule has 1 fully saturated rings. The van der Waals surface area contributed by atoms with E-state index in [4.69, 9.17) is 9.26 Å². The van der Waals surface area contributed by atoms with Gasteiger partial charge in [0.1, 0.15) is 4.88 Å². The van der Waals surface area contributed by atoms with Gasteiger partial charge in [-0.15, -0.1) is 11.3 Å². The number of nitrogens with zero attached hydrogens (tertiary/aromatic N) is 3. The summed E-state index contributed by atoms with van der Waals surface area (Å²) >= 11 is 1.58. The maximum atomic E-state index is 5.32. The lowest BCUT2D eigenvalue weighted by molar-refractivity contribution is 0.192. The van der Waals surface area contributed by atoms with Crippen molar-refractivity contribution in [2.75, 3.05) is 13.2 Å². The van der Waals surface area contributed by atoms with E-state index in [0.717, 1.165) is 34.4 Å². The fraction of sp³-hybridized carbons (Fsp3) is 0.545. The van der Waals surface area contributed by atoms with E-state index in [1.54, 1.807) is 11.3 Å². The monoisotopic (exact) mass is 251 g/mol. The van der Waals surface area contributed by atoms with Gasteiger partial charge < -0.3 is 9.26 Å². The molecule has 0 bridgehead atoms. The molecule has 5 nitrogen and oxygen atoms in total. The van der Waals surface area contributed by atoms with Gasteiger partial charge in [-0.25, -0.2) is 4.98 Å². The molecule has 0 saturated carbocycles. The van der Waals surface area contributed by atoms with Gasteiger partial charge in [0.25, 0.3) is 5.89 Å². The Balaban J connectivity index is 1.91. The maximum absolute atomic E-state index is 5.32. The van der Waals surface area contributed by atoms with Gasteiger partial charge in [0.15, 0.2) is 5.82 Å². The van der Waals surface area contributed by atoms with Crippen LogP contribution in [0.3, 0.4) is 0 Å². The lowest BCUT2D eigenvalue weighted by atomic mass is 10.1. The molecular formula is C11H13N3O2S. The van der Waals surface area contributed by atoms with Crippen LogP contribution in [0.2, 0.25) is 0 Å². The molecule has 1 atom stereocenters. The summed E-state index contributed by atoms with van der Waals surface area (Å²) in [5.41, 5.74) is 0.949. The van der Waals surface area contributed by atoms with Gasteiger partial charge in [0, 0.05) is 12.5 Å². The molecule has 6 heteroatoms. The van der Waals surface area contributed by atoms with E-state index in [9.17, 15) is 0 Å². The Kier molecular flexibility index (Phi) is 2.68. The zero-order valence-corrected chi connectivity index (χ0v) is 10.6. The molecule has 1 aliphatic heterocycles. The maximum Gasteiger partial charge on any atom is 0.269 e. The molecule has 3 heterocycles. The minimum absolute atomic E-state index is 0.279. The number of thiazole rings is 1. The van der Waals surface area contributed by atoms with Crippen molar-refractivity contribution in [1.82, 2.24) is 15.1 Å². The van der Waals surface area contributed by atoms with E-state index in [0.29, 0.717) is 12.5 Å². The van der Waals surface area contributed by atoms with Gasteiger partial charge in [-0.2, -0.15) is 4.98 Å². The first kappa shape index (κ1) is 10.9. The molecule has 0 aromatic carbocycles. The first-order valence-corrected chi connectivity index (χ1v) is 6.41. The molecule has 0 aliphatic carbocycles. The van der Waals surface area contributed by atoms with Crippen molar-refractivity contribution in [3.05, 3.63) is 16.5 Å². The van der Waals surface area contributed by atoms with Crippen LogP contribution < -0.4 is 0 Å². The van der Waals surface area contributed by atoms with Gasteiger partial charge in [0.2, 0.25) is 0 Å². The minimum atomic E-state index is 0.279. The quantitative estimate of drug-likeness (QED) is 0.819.